The summed E-state index contributed by atoms with van der Waals surface area (Å²) in [6, 6.07) is 6.43. The molecule has 2 aliphatic rings. The van der Waals surface area contributed by atoms with E-state index in [9.17, 15) is 9.59 Å². The third kappa shape index (κ3) is 2.61. The van der Waals surface area contributed by atoms with Crippen LogP contribution in [0.25, 0.3) is 0 Å². The first kappa shape index (κ1) is 15.0. The van der Waals surface area contributed by atoms with Crippen LogP contribution >= 0.6 is 0 Å². The van der Waals surface area contributed by atoms with Gasteiger partial charge in [-0.3, -0.25) is 14.5 Å². The summed E-state index contributed by atoms with van der Waals surface area (Å²) < 4.78 is 10.1. The van der Waals surface area contributed by atoms with Crippen molar-refractivity contribution in [2.75, 3.05) is 27.3 Å². The molecule has 1 aliphatic carbocycles. The average Bonchev–Trinajstić information content (AvgIpc) is 2.97. The maximum atomic E-state index is 12.0. The first-order valence-electron chi connectivity index (χ1n) is 7.65. The van der Waals surface area contributed by atoms with E-state index in [4.69, 9.17) is 9.47 Å². The summed E-state index contributed by atoms with van der Waals surface area (Å²) in [6.45, 7) is 1.15. The van der Waals surface area contributed by atoms with Gasteiger partial charge in [0.2, 0.25) is 0 Å². The van der Waals surface area contributed by atoms with Gasteiger partial charge in [0.25, 0.3) is 0 Å². The summed E-state index contributed by atoms with van der Waals surface area (Å²) in [4.78, 5) is 26.0. The number of rotatable bonds is 3. The van der Waals surface area contributed by atoms with Gasteiger partial charge in [-0.15, -0.1) is 0 Å². The number of ether oxygens (including phenoxy) is 2. The number of carbonyl (C=O) groups is 2. The Hall–Kier alpha value is -1.88. The molecule has 1 fully saturated rings. The molecular formula is C17H21NO4. The van der Waals surface area contributed by atoms with E-state index in [-0.39, 0.29) is 11.8 Å². The van der Waals surface area contributed by atoms with Crippen LogP contribution in [0.4, 0.5) is 0 Å². The molecule has 1 heterocycles. The molecule has 0 saturated carbocycles. The molecule has 0 bridgehead atoms. The van der Waals surface area contributed by atoms with E-state index >= 15 is 0 Å². The highest BCUT2D eigenvalue weighted by Gasteiger charge is 2.38. The molecule has 1 aromatic carbocycles. The number of carbonyl (C=O) groups excluding carboxylic acids is 2. The standard InChI is InChI=1S/C17H21NO4/c1-21-12-5-3-11-4-6-15(13(11)9-12)18-8-7-16(19)14(10-18)17(20)22-2/h3,5,9,14-15H,4,6-8,10H2,1-2H3. The van der Waals surface area contributed by atoms with Crippen molar-refractivity contribution >= 4 is 11.8 Å². The second-order valence-corrected chi connectivity index (χ2v) is 5.91. The zero-order valence-electron chi connectivity index (χ0n) is 13.0. The van der Waals surface area contributed by atoms with E-state index in [1.807, 2.05) is 6.07 Å². The molecule has 2 unspecified atom stereocenters. The minimum atomic E-state index is -0.645. The van der Waals surface area contributed by atoms with Crippen LogP contribution in [0.15, 0.2) is 18.2 Å². The number of Topliss-reactive ketones (excluding diaryl/α,β-unsaturated/α-hetero) is 1. The summed E-state index contributed by atoms with van der Waals surface area (Å²) in [5, 5.41) is 0. The van der Waals surface area contributed by atoms with Gasteiger partial charge in [-0.05, 0) is 36.1 Å². The summed E-state index contributed by atoms with van der Waals surface area (Å²) in [6.07, 6.45) is 2.46. The van der Waals surface area contributed by atoms with Crippen LogP contribution in [0, 0.1) is 5.92 Å². The largest absolute Gasteiger partial charge is 0.497 e. The number of nitrogens with zero attached hydrogens (tertiary/aromatic N) is 1. The second kappa shape index (κ2) is 6.08. The number of likely N-dealkylation sites (tertiary alicyclic amines) is 1. The lowest BCUT2D eigenvalue weighted by atomic mass is 9.94. The number of methoxy groups -OCH3 is 2. The van der Waals surface area contributed by atoms with Crippen molar-refractivity contribution in [3.8, 4) is 5.75 Å². The number of esters is 1. The molecule has 0 amide bonds. The predicted octanol–water partition coefficient (Wildman–Crippen LogP) is 1.75. The second-order valence-electron chi connectivity index (χ2n) is 5.91. The van der Waals surface area contributed by atoms with Crippen LogP contribution in [0.2, 0.25) is 0 Å². The van der Waals surface area contributed by atoms with E-state index < -0.39 is 11.9 Å². The Kier molecular flexibility index (Phi) is 4.16. The van der Waals surface area contributed by atoms with Gasteiger partial charge in [-0.2, -0.15) is 0 Å². The van der Waals surface area contributed by atoms with Crippen LogP contribution < -0.4 is 4.74 Å². The maximum Gasteiger partial charge on any atom is 0.317 e. The van der Waals surface area contributed by atoms with Gasteiger partial charge in [0, 0.05) is 25.6 Å². The molecule has 5 heteroatoms. The Bertz CT molecular complexity index is 590. The van der Waals surface area contributed by atoms with Gasteiger partial charge in [0.15, 0.2) is 0 Å². The number of hydrogen-bond acceptors (Lipinski definition) is 5. The molecule has 2 atom stereocenters. The van der Waals surface area contributed by atoms with Gasteiger partial charge in [-0.1, -0.05) is 6.07 Å². The van der Waals surface area contributed by atoms with Crippen LogP contribution in [0.1, 0.15) is 30.0 Å². The molecule has 1 saturated heterocycles. The Labute approximate surface area is 130 Å². The predicted molar refractivity (Wildman–Crippen MR) is 80.8 cm³/mol. The summed E-state index contributed by atoms with van der Waals surface area (Å²) >= 11 is 0. The van der Waals surface area contributed by atoms with Crippen molar-refractivity contribution in [2.45, 2.75) is 25.3 Å². The molecular weight excluding hydrogens is 282 g/mol. The topological polar surface area (TPSA) is 55.8 Å². The van der Waals surface area contributed by atoms with E-state index in [0.29, 0.717) is 19.5 Å². The minimum Gasteiger partial charge on any atom is -0.497 e. The first-order chi connectivity index (χ1) is 10.6. The van der Waals surface area contributed by atoms with Gasteiger partial charge in [0.1, 0.15) is 17.5 Å². The molecule has 0 aromatic heterocycles. The lowest BCUT2D eigenvalue weighted by molar-refractivity contribution is -0.152. The Morgan fingerprint density at radius 2 is 2.09 bits per heavy atom. The number of ketones is 1. The zero-order chi connectivity index (χ0) is 15.7. The first-order valence-corrected chi connectivity index (χ1v) is 7.65. The Morgan fingerprint density at radius 3 is 2.82 bits per heavy atom. The van der Waals surface area contributed by atoms with E-state index in [1.165, 1.54) is 18.2 Å². The highest BCUT2D eigenvalue weighted by Crippen LogP contribution is 2.39. The number of aryl methyl sites for hydroxylation is 1. The lowest BCUT2D eigenvalue weighted by Crippen LogP contribution is -2.45. The number of hydrogen-bond donors (Lipinski definition) is 0. The molecule has 1 aliphatic heterocycles. The minimum absolute atomic E-state index is 0.00744. The highest BCUT2D eigenvalue weighted by atomic mass is 16.5. The summed E-state index contributed by atoms with van der Waals surface area (Å²) in [5.74, 6) is -0.220. The van der Waals surface area contributed by atoms with Crippen molar-refractivity contribution in [3.63, 3.8) is 0 Å². The lowest BCUT2D eigenvalue weighted by Gasteiger charge is -2.35. The fourth-order valence-electron chi connectivity index (χ4n) is 3.55. The van der Waals surface area contributed by atoms with Crippen LogP contribution in [0.5, 0.6) is 5.75 Å². The quantitative estimate of drug-likeness (QED) is 0.629. The molecule has 1 aromatic rings. The van der Waals surface area contributed by atoms with Crippen LogP contribution in [-0.4, -0.2) is 44.0 Å². The summed E-state index contributed by atoms with van der Waals surface area (Å²) in [5.41, 5.74) is 2.59. The maximum absolute atomic E-state index is 12.0. The molecule has 22 heavy (non-hydrogen) atoms. The van der Waals surface area contributed by atoms with Gasteiger partial charge in [-0.25, -0.2) is 0 Å². The van der Waals surface area contributed by atoms with E-state index in [2.05, 4.69) is 17.0 Å². The van der Waals surface area contributed by atoms with Crippen molar-refractivity contribution in [3.05, 3.63) is 29.3 Å². The third-order valence-corrected chi connectivity index (χ3v) is 4.78. The van der Waals surface area contributed by atoms with Crippen LogP contribution in [-0.2, 0) is 20.7 Å². The van der Waals surface area contributed by atoms with E-state index in [1.54, 1.807) is 7.11 Å². The van der Waals surface area contributed by atoms with Crippen molar-refractivity contribution in [1.29, 1.82) is 0 Å². The molecule has 0 spiro atoms. The van der Waals surface area contributed by atoms with Crippen molar-refractivity contribution in [2.24, 2.45) is 5.92 Å². The third-order valence-electron chi connectivity index (χ3n) is 4.78. The average molecular weight is 303 g/mol. The van der Waals surface area contributed by atoms with Gasteiger partial charge >= 0.3 is 5.97 Å². The monoisotopic (exact) mass is 303 g/mol. The molecule has 0 N–H and O–H groups in total. The van der Waals surface area contributed by atoms with Crippen LogP contribution in [0.3, 0.4) is 0 Å². The fourth-order valence-corrected chi connectivity index (χ4v) is 3.55. The summed E-state index contributed by atoms with van der Waals surface area (Å²) in [7, 11) is 3.00. The number of fused-ring (bicyclic) bond motifs is 1. The number of benzene rings is 1. The smallest absolute Gasteiger partial charge is 0.317 e. The number of piperidine rings is 1. The highest BCUT2D eigenvalue weighted by molar-refractivity contribution is 5.99. The van der Waals surface area contributed by atoms with Gasteiger partial charge in [0.05, 0.1) is 14.2 Å². The van der Waals surface area contributed by atoms with Crippen molar-refractivity contribution in [1.82, 2.24) is 4.90 Å². The molecule has 5 nitrogen and oxygen atoms in total. The zero-order valence-corrected chi connectivity index (χ0v) is 13.0. The fraction of sp³-hybridized carbons (Fsp3) is 0.529. The molecule has 118 valence electrons. The Balaban J connectivity index is 1.82. The molecule has 3 rings (SSSR count). The Morgan fingerprint density at radius 1 is 1.27 bits per heavy atom. The van der Waals surface area contributed by atoms with Crippen molar-refractivity contribution < 1.29 is 19.1 Å². The molecule has 0 radical (unpaired) electrons. The van der Waals surface area contributed by atoms with Gasteiger partial charge < -0.3 is 9.47 Å². The normalized spacial score (nSPS) is 24.9. The van der Waals surface area contributed by atoms with E-state index in [0.717, 1.165) is 18.6 Å². The SMILES string of the molecule is COC(=O)C1CN(C2CCc3ccc(OC)cc32)CCC1=O.